The lowest BCUT2D eigenvalue weighted by molar-refractivity contribution is 0.0394. The first-order valence-electron chi connectivity index (χ1n) is 5.79. The van der Waals surface area contributed by atoms with Crippen molar-refractivity contribution in [3.63, 3.8) is 0 Å². The van der Waals surface area contributed by atoms with Crippen molar-refractivity contribution in [3.8, 4) is 0 Å². The van der Waals surface area contributed by atoms with Crippen LogP contribution in [-0.4, -0.2) is 42.5 Å². The zero-order valence-corrected chi connectivity index (χ0v) is 9.35. The maximum absolute atomic E-state index is 5.75. The average molecular weight is 222 g/mol. The molecule has 0 bridgehead atoms. The van der Waals surface area contributed by atoms with Gasteiger partial charge in [-0.15, -0.1) is 5.10 Å². The summed E-state index contributed by atoms with van der Waals surface area (Å²) in [5.74, 6) is 0.802. The van der Waals surface area contributed by atoms with Gasteiger partial charge in [0.05, 0.1) is 12.7 Å². The Morgan fingerprint density at radius 3 is 3.06 bits per heavy atom. The predicted molar refractivity (Wildman–Crippen MR) is 62.4 cm³/mol. The minimum absolute atomic E-state index is 0.421. The van der Waals surface area contributed by atoms with Crippen LogP contribution in [0.2, 0.25) is 0 Å². The largest absolute Gasteiger partial charge is 0.376 e. The topological polar surface area (TPSA) is 59.1 Å². The maximum Gasteiger partial charge on any atom is 0.148 e. The highest BCUT2D eigenvalue weighted by Crippen LogP contribution is 2.06. The number of anilines is 1. The molecule has 1 saturated heterocycles. The van der Waals surface area contributed by atoms with Crippen LogP contribution in [0.15, 0.2) is 18.3 Å². The molecule has 1 aromatic rings. The molecule has 1 aliphatic heterocycles. The van der Waals surface area contributed by atoms with E-state index < -0.39 is 0 Å². The number of ether oxygens (including phenoxy) is 1. The van der Waals surface area contributed by atoms with Crippen molar-refractivity contribution < 1.29 is 4.74 Å². The molecule has 0 atom stereocenters. The lowest BCUT2D eigenvalue weighted by Crippen LogP contribution is -2.33. The molecule has 1 aromatic heterocycles. The van der Waals surface area contributed by atoms with E-state index in [9.17, 15) is 0 Å². The van der Waals surface area contributed by atoms with Crippen molar-refractivity contribution in [2.24, 2.45) is 0 Å². The molecular formula is C11H18N4O. The molecule has 0 aliphatic carbocycles. The van der Waals surface area contributed by atoms with Crippen LogP contribution in [0.1, 0.15) is 12.8 Å². The van der Waals surface area contributed by atoms with Gasteiger partial charge in [-0.2, -0.15) is 5.10 Å². The highest BCUT2D eigenvalue weighted by molar-refractivity contribution is 5.30. The zero-order valence-electron chi connectivity index (χ0n) is 9.35. The molecule has 0 saturated carbocycles. The van der Waals surface area contributed by atoms with Crippen molar-refractivity contribution in [3.05, 3.63) is 18.3 Å². The summed E-state index contributed by atoms with van der Waals surface area (Å²) < 4.78 is 5.75. The van der Waals surface area contributed by atoms with E-state index in [0.29, 0.717) is 6.10 Å². The smallest absolute Gasteiger partial charge is 0.148 e. The van der Waals surface area contributed by atoms with Gasteiger partial charge >= 0.3 is 0 Å². The first-order chi connectivity index (χ1) is 7.95. The van der Waals surface area contributed by atoms with Crippen LogP contribution >= 0.6 is 0 Å². The minimum atomic E-state index is 0.421. The van der Waals surface area contributed by atoms with E-state index in [0.717, 1.165) is 44.9 Å². The van der Waals surface area contributed by atoms with E-state index >= 15 is 0 Å². The van der Waals surface area contributed by atoms with Crippen LogP contribution in [-0.2, 0) is 4.74 Å². The fourth-order valence-electron chi connectivity index (χ4n) is 1.76. The van der Waals surface area contributed by atoms with Gasteiger partial charge in [0.15, 0.2) is 0 Å². The third-order valence-electron chi connectivity index (χ3n) is 2.62. The van der Waals surface area contributed by atoms with Gasteiger partial charge < -0.3 is 15.4 Å². The van der Waals surface area contributed by atoms with Crippen LogP contribution in [0, 0.1) is 0 Å². The molecule has 0 aromatic carbocycles. The van der Waals surface area contributed by atoms with Gasteiger partial charge in [0.2, 0.25) is 0 Å². The molecule has 1 aliphatic rings. The molecule has 2 heterocycles. The van der Waals surface area contributed by atoms with Crippen LogP contribution < -0.4 is 10.6 Å². The monoisotopic (exact) mass is 222 g/mol. The lowest BCUT2D eigenvalue weighted by Gasteiger charge is -2.22. The second-order valence-electron chi connectivity index (χ2n) is 3.86. The Morgan fingerprint density at radius 1 is 1.44 bits per heavy atom. The van der Waals surface area contributed by atoms with Crippen molar-refractivity contribution >= 4 is 5.82 Å². The first kappa shape index (κ1) is 11.3. The van der Waals surface area contributed by atoms with Crippen molar-refractivity contribution in [1.82, 2.24) is 15.5 Å². The molecule has 16 heavy (non-hydrogen) atoms. The second-order valence-corrected chi connectivity index (χ2v) is 3.86. The number of hydrogen-bond acceptors (Lipinski definition) is 5. The summed E-state index contributed by atoms with van der Waals surface area (Å²) in [7, 11) is 0. The molecule has 2 rings (SSSR count). The van der Waals surface area contributed by atoms with E-state index in [1.807, 2.05) is 12.1 Å². The Labute approximate surface area is 95.6 Å². The number of nitrogens with zero attached hydrogens (tertiary/aromatic N) is 2. The van der Waals surface area contributed by atoms with E-state index in [4.69, 9.17) is 4.74 Å². The van der Waals surface area contributed by atoms with Crippen molar-refractivity contribution in [2.45, 2.75) is 18.9 Å². The summed E-state index contributed by atoms with van der Waals surface area (Å²) in [5, 5.41) is 14.2. The fourth-order valence-corrected chi connectivity index (χ4v) is 1.76. The summed E-state index contributed by atoms with van der Waals surface area (Å²) in [6, 6.07) is 3.76. The summed E-state index contributed by atoms with van der Waals surface area (Å²) in [4.78, 5) is 0. The molecule has 0 radical (unpaired) electrons. The Hall–Kier alpha value is -1.20. The predicted octanol–water partition coefficient (Wildman–Crippen LogP) is 0.657. The van der Waals surface area contributed by atoms with Gasteiger partial charge in [-0.1, -0.05) is 0 Å². The third kappa shape index (κ3) is 3.75. The molecule has 5 nitrogen and oxygen atoms in total. The number of rotatable bonds is 5. The van der Waals surface area contributed by atoms with Crippen LogP contribution in [0.3, 0.4) is 0 Å². The summed E-state index contributed by atoms with van der Waals surface area (Å²) in [6.07, 6.45) is 4.32. The summed E-state index contributed by atoms with van der Waals surface area (Å²) in [6.45, 7) is 3.65. The number of piperidine rings is 1. The van der Waals surface area contributed by atoms with Crippen LogP contribution in [0.25, 0.3) is 0 Å². The Morgan fingerprint density at radius 2 is 2.31 bits per heavy atom. The highest BCUT2D eigenvalue weighted by Gasteiger charge is 2.12. The lowest BCUT2D eigenvalue weighted by atomic mass is 10.1. The van der Waals surface area contributed by atoms with Crippen LogP contribution in [0.4, 0.5) is 5.82 Å². The van der Waals surface area contributed by atoms with Crippen molar-refractivity contribution in [1.29, 1.82) is 0 Å². The Bertz CT molecular complexity index is 287. The Kier molecular flexibility index (Phi) is 4.51. The standard InChI is InChI=1S/C11H18N4O/c1-2-11(15-14-5-1)13-8-9-16-10-3-6-12-7-4-10/h1-2,5,10,12H,3-4,6-9H2,(H,13,15). The van der Waals surface area contributed by atoms with Crippen LogP contribution in [0.5, 0.6) is 0 Å². The molecule has 0 spiro atoms. The zero-order chi connectivity index (χ0) is 11.1. The molecular weight excluding hydrogens is 204 g/mol. The quantitative estimate of drug-likeness (QED) is 0.717. The average Bonchev–Trinajstić information content (AvgIpc) is 2.37. The third-order valence-corrected chi connectivity index (χ3v) is 2.62. The van der Waals surface area contributed by atoms with Crippen molar-refractivity contribution in [2.75, 3.05) is 31.6 Å². The van der Waals surface area contributed by atoms with E-state index in [1.54, 1.807) is 6.20 Å². The molecule has 1 fully saturated rings. The first-order valence-corrected chi connectivity index (χ1v) is 5.79. The van der Waals surface area contributed by atoms with E-state index in [2.05, 4.69) is 20.8 Å². The SMILES string of the molecule is c1cnnc(NCCOC2CCNCC2)c1. The van der Waals surface area contributed by atoms with Gasteiger partial charge in [0.25, 0.3) is 0 Å². The molecule has 0 amide bonds. The normalized spacial score (nSPS) is 17.2. The molecule has 88 valence electrons. The van der Waals surface area contributed by atoms with Gasteiger partial charge in [-0.3, -0.25) is 0 Å². The number of aromatic nitrogens is 2. The highest BCUT2D eigenvalue weighted by atomic mass is 16.5. The van der Waals surface area contributed by atoms with E-state index in [1.165, 1.54) is 0 Å². The number of nitrogens with one attached hydrogen (secondary N) is 2. The van der Waals surface area contributed by atoms with Gasteiger partial charge in [0, 0.05) is 12.7 Å². The van der Waals surface area contributed by atoms with E-state index in [-0.39, 0.29) is 0 Å². The van der Waals surface area contributed by atoms with Gasteiger partial charge in [0.1, 0.15) is 5.82 Å². The number of hydrogen-bond donors (Lipinski definition) is 2. The molecule has 0 unspecified atom stereocenters. The summed E-state index contributed by atoms with van der Waals surface area (Å²) in [5.41, 5.74) is 0. The maximum atomic E-state index is 5.75. The second kappa shape index (κ2) is 6.40. The fraction of sp³-hybridized carbons (Fsp3) is 0.636. The van der Waals surface area contributed by atoms with Gasteiger partial charge in [-0.05, 0) is 38.1 Å². The van der Waals surface area contributed by atoms with Gasteiger partial charge in [-0.25, -0.2) is 0 Å². The minimum Gasteiger partial charge on any atom is -0.376 e. The molecule has 2 N–H and O–H groups in total. The molecule has 5 heteroatoms. The summed E-state index contributed by atoms with van der Waals surface area (Å²) >= 11 is 0. The Balaban J connectivity index is 1.58.